The van der Waals surface area contributed by atoms with Crippen molar-refractivity contribution in [1.29, 1.82) is 0 Å². The predicted octanol–water partition coefficient (Wildman–Crippen LogP) is 8.59. The van der Waals surface area contributed by atoms with Crippen molar-refractivity contribution >= 4 is 23.2 Å². The van der Waals surface area contributed by atoms with Crippen LogP contribution in [0.25, 0.3) is 0 Å². The van der Waals surface area contributed by atoms with Crippen LogP contribution in [0.3, 0.4) is 0 Å². The van der Waals surface area contributed by atoms with Gasteiger partial charge in [0.2, 0.25) is 0 Å². The summed E-state index contributed by atoms with van der Waals surface area (Å²) in [6.07, 6.45) is 17.2. The number of ketones is 2. The Morgan fingerprint density at radius 1 is 0.632 bits per heavy atom. The van der Waals surface area contributed by atoms with E-state index in [0.29, 0.717) is 0 Å². The van der Waals surface area contributed by atoms with Gasteiger partial charge in [0, 0.05) is 23.4 Å². The average molecular weight is 522 g/mol. The van der Waals surface area contributed by atoms with Gasteiger partial charge in [-0.3, -0.25) is 14.4 Å². The molecule has 2 N–H and O–H groups in total. The normalized spacial score (nSPS) is 11.9. The Morgan fingerprint density at radius 3 is 1.55 bits per heavy atom. The van der Waals surface area contributed by atoms with E-state index in [1.54, 1.807) is 42.5 Å². The number of carbonyl (C=O) groups excluding carboxylic acids is 2. The first-order valence-corrected chi connectivity index (χ1v) is 14.6. The molecule has 0 fully saturated rings. The maximum atomic E-state index is 12.8. The molecule has 0 saturated heterocycles. The van der Waals surface area contributed by atoms with Crippen molar-refractivity contribution in [2.24, 2.45) is 11.8 Å². The number of carboxylic acids is 1. The Balaban J connectivity index is 1.57. The molecule has 0 saturated carbocycles. The molecule has 2 rings (SSSR count). The molecule has 1 unspecified atom stereocenters. The fraction of sp³-hybridized carbons (Fsp3) is 0.545. The minimum absolute atomic E-state index is 0.217. The van der Waals surface area contributed by atoms with Crippen molar-refractivity contribution in [2.45, 2.75) is 97.3 Å². The summed E-state index contributed by atoms with van der Waals surface area (Å²) in [6, 6.07) is 14.8. The average Bonchev–Trinajstić information content (AvgIpc) is 2.91. The Morgan fingerprint density at radius 2 is 1.08 bits per heavy atom. The van der Waals surface area contributed by atoms with Gasteiger partial charge in [0.15, 0.2) is 17.5 Å². The van der Waals surface area contributed by atoms with Gasteiger partial charge in [-0.15, -0.1) is 0 Å². The third kappa shape index (κ3) is 12.1. The van der Waals surface area contributed by atoms with Gasteiger partial charge in [-0.2, -0.15) is 0 Å². The van der Waals surface area contributed by atoms with Gasteiger partial charge in [-0.1, -0.05) is 121 Å². The number of Topliss-reactive ketones (excluding diaryl/α,β-unsaturated/α-hetero) is 2. The zero-order chi connectivity index (χ0) is 27.6. The molecule has 5 nitrogen and oxygen atoms in total. The summed E-state index contributed by atoms with van der Waals surface area (Å²) in [7, 11) is 0. The fourth-order valence-electron chi connectivity index (χ4n) is 4.71. The molecule has 38 heavy (non-hydrogen) atoms. The molecule has 0 radical (unpaired) electrons. The summed E-state index contributed by atoms with van der Waals surface area (Å²) in [5.41, 5.74) is 1.32. The molecule has 2 aromatic carbocycles. The number of carboxylic acid groups (broad SMARTS) is 1. The first-order chi connectivity index (χ1) is 18.4. The van der Waals surface area contributed by atoms with E-state index < -0.39 is 23.5 Å². The number of aliphatic carboxylic acids is 1. The summed E-state index contributed by atoms with van der Waals surface area (Å²) in [6.45, 7) is 5.47. The zero-order valence-electron chi connectivity index (χ0n) is 23.4. The summed E-state index contributed by atoms with van der Waals surface area (Å²) < 4.78 is 0. The van der Waals surface area contributed by atoms with E-state index in [1.165, 1.54) is 89.2 Å². The van der Waals surface area contributed by atoms with E-state index >= 15 is 0 Å². The first kappa shape index (κ1) is 31.3. The van der Waals surface area contributed by atoms with Crippen LogP contribution < -0.4 is 5.32 Å². The first-order valence-electron chi connectivity index (χ1n) is 14.6. The van der Waals surface area contributed by atoms with Crippen molar-refractivity contribution < 1.29 is 19.5 Å². The summed E-state index contributed by atoms with van der Waals surface area (Å²) >= 11 is 0. The lowest BCUT2D eigenvalue weighted by Crippen LogP contribution is -2.32. The number of rotatable bonds is 21. The SMILES string of the molecule is CC(C)CCCCCCCCCCCCCCNc1ccc(C(=O)C(C(=O)O)C(=O)c2ccccc2)cc1. The number of anilines is 1. The maximum Gasteiger partial charge on any atom is 0.322 e. The van der Waals surface area contributed by atoms with Crippen LogP contribution in [0.15, 0.2) is 54.6 Å². The molecule has 0 aliphatic heterocycles. The third-order valence-electron chi connectivity index (χ3n) is 7.04. The molecule has 0 aliphatic rings. The van der Waals surface area contributed by atoms with Crippen LogP contribution in [-0.4, -0.2) is 29.2 Å². The van der Waals surface area contributed by atoms with E-state index in [-0.39, 0.29) is 11.1 Å². The van der Waals surface area contributed by atoms with Crippen molar-refractivity contribution in [1.82, 2.24) is 0 Å². The predicted molar refractivity (Wildman–Crippen MR) is 156 cm³/mol. The van der Waals surface area contributed by atoms with Crippen LogP contribution in [0.5, 0.6) is 0 Å². The van der Waals surface area contributed by atoms with Crippen molar-refractivity contribution in [3.05, 3.63) is 65.7 Å². The molecule has 0 amide bonds. The molecule has 2 aromatic rings. The summed E-state index contributed by atoms with van der Waals surface area (Å²) in [4.78, 5) is 37.2. The minimum Gasteiger partial charge on any atom is -0.480 e. The van der Waals surface area contributed by atoms with Crippen LogP contribution in [0.4, 0.5) is 5.69 Å². The molecular formula is C33H47NO4. The number of carbonyl (C=O) groups is 3. The lowest BCUT2D eigenvalue weighted by atomic mass is 9.90. The van der Waals surface area contributed by atoms with Crippen LogP contribution in [0.2, 0.25) is 0 Å². The third-order valence-corrected chi connectivity index (χ3v) is 7.04. The van der Waals surface area contributed by atoms with Gasteiger partial charge >= 0.3 is 5.97 Å². The maximum absolute atomic E-state index is 12.8. The Labute approximate surface area is 229 Å². The zero-order valence-corrected chi connectivity index (χ0v) is 23.4. The minimum atomic E-state index is -1.74. The van der Waals surface area contributed by atoms with Crippen molar-refractivity contribution in [2.75, 3.05) is 11.9 Å². The van der Waals surface area contributed by atoms with Crippen molar-refractivity contribution in [3.63, 3.8) is 0 Å². The molecule has 0 bridgehead atoms. The number of hydrogen-bond donors (Lipinski definition) is 2. The summed E-state index contributed by atoms with van der Waals surface area (Å²) in [5.74, 6) is -3.72. The van der Waals surface area contributed by atoms with Gasteiger partial charge in [0.1, 0.15) is 0 Å². The molecule has 0 aromatic heterocycles. The summed E-state index contributed by atoms with van der Waals surface area (Å²) in [5, 5.41) is 12.9. The fourth-order valence-corrected chi connectivity index (χ4v) is 4.71. The number of unbranched alkanes of at least 4 members (excludes halogenated alkanes) is 11. The lowest BCUT2D eigenvalue weighted by molar-refractivity contribution is -0.138. The van der Waals surface area contributed by atoms with Gasteiger partial charge in [0.25, 0.3) is 0 Å². The number of hydrogen-bond acceptors (Lipinski definition) is 4. The van der Waals surface area contributed by atoms with Gasteiger partial charge < -0.3 is 10.4 Å². The highest BCUT2D eigenvalue weighted by molar-refractivity contribution is 6.26. The van der Waals surface area contributed by atoms with Crippen LogP contribution in [0, 0.1) is 11.8 Å². The number of nitrogens with one attached hydrogen (secondary N) is 1. The van der Waals surface area contributed by atoms with Crippen molar-refractivity contribution in [3.8, 4) is 0 Å². The molecule has 208 valence electrons. The van der Waals surface area contributed by atoms with E-state index in [0.717, 1.165) is 24.6 Å². The van der Waals surface area contributed by atoms with E-state index in [1.807, 2.05) is 0 Å². The van der Waals surface area contributed by atoms with Gasteiger partial charge in [-0.05, 0) is 36.6 Å². The second-order valence-corrected chi connectivity index (χ2v) is 10.8. The second kappa shape index (κ2) is 18.3. The van der Waals surface area contributed by atoms with E-state index in [2.05, 4.69) is 19.2 Å². The van der Waals surface area contributed by atoms with Crippen LogP contribution >= 0.6 is 0 Å². The second-order valence-electron chi connectivity index (χ2n) is 10.8. The smallest absolute Gasteiger partial charge is 0.322 e. The highest BCUT2D eigenvalue weighted by Crippen LogP contribution is 2.19. The quantitative estimate of drug-likeness (QED) is 0.0976. The standard InChI is InChI=1S/C33H47NO4/c1-26(2)18-14-11-9-7-5-3-4-6-8-10-12-17-25-34-29-23-21-28(22-24-29)32(36)30(33(37)38)31(35)27-19-15-13-16-20-27/h13,15-16,19-24,26,30,34H,3-12,14,17-18,25H2,1-2H3,(H,37,38). The van der Waals surface area contributed by atoms with E-state index in [9.17, 15) is 19.5 Å². The molecule has 0 heterocycles. The van der Waals surface area contributed by atoms with Crippen LogP contribution in [-0.2, 0) is 4.79 Å². The molecule has 0 spiro atoms. The lowest BCUT2D eigenvalue weighted by Gasteiger charge is -2.12. The van der Waals surface area contributed by atoms with Gasteiger partial charge in [0.05, 0.1) is 0 Å². The highest BCUT2D eigenvalue weighted by atomic mass is 16.4. The van der Waals surface area contributed by atoms with Gasteiger partial charge in [-0.25, -0.2) is 0 Å². The Hall–Kier alpha value is -2.95. The highest BCUT2D eigenvalue weighted by Gasteiger charge is 2.35. The van der Waals surface area contributed by atoms with E-state index in [4.69, 9.17) is 0 Å². The topological polar surface area (TPSA) is 83.5 Å². The largest absolute Gasteiger partial charge is 0.480 e. The Bertz CT molecular complexity index is 953. The molecular weight excluding hydrogens is 474 g/mol. The molecule has 5 heteroatoms. The number of benzene rings is 2. The molecule has 1 atom stereocenters. The monoisotopic (exact) mass is 521 g/mol. The molecule has 0 aliphatic carbocycles. The van der Waals surface area contributed by atoms with Crippen LogP contribution in [0.1, 0.15) is 118 Å². The Kier molecular flexibility index (Phi) is 15.1.